The predicted molar refractivity (Wildman–Crippen MR) is 115 cm³/mol. The molecule has 2 aliphatic heterocycles. The van der Waals surface area contributed by atoms with Gasteiger partial charge in [-0.1, -0.05) is 12.1 Å². The van der Waals surface area contributed by atoms with Crippen LogP contribution in [-0.2, 0) is 19.4 Å². The number of carbonyl (C=O) groups is 2. The minimum Gasteiger partial charge on any atom is -0.372 e. The van der Waals surface area contributed by atoms with Gasteiger partial charge in [-0.05, 0) is 56.5 Å². The van der Waals surface area contributed by atoms with Crippen LogP contribution < -0.4 is 4.90 Å². The first kappa shape index (κ1) is 21.8. The van der Waals surface area contributed by atoms with E-state index in [4.69, 9.17) is 0 Å². The Labute approximate surface area is 177 Å². The summed E-state index contributed by atoms with van der Waals surface area (Å²) in [6.07, 6.45) is 1.85. The van der Waals surface area contributed by atoms with E-state index in [1.807, 2.05) is 30.3 Å². The van der Waals surface area contributed by atoms with Crippen molar-refractivity contribution in [3.8, 4) is 6.07 Å². The van der Waals surface area contributed by atoms with E-state index in [1.165, 1.54) is 0 Å². The highest BCUT2D eigenvalue weighted by Crippen LogP contribution is 2.31. The first-order chi connectivity index (χ1) is 14.2. The molecule has 1 atom stereocenters. The maximum Gasteiger partial charge on any atom is 0.271 e. The van der Waals surface area contributed by atoms with Crippen LogP contribution in [0.15, 0.2) is 41.0 Å². The van der Waals surface area contributed by atoms with Gasteiger partial charge in [0, 0.05) is 24.4 Å². The normalized spacial score (nSPS) is 22.5. The molecule has 2 aliphatic rings. The molecular weight excluding hydrogens is 402 g/mol. The molecule has 0 radical (unpaired) electrons. The minimum absolute atomic E-state index is 0.0643. The van der Waals surface area contributed by atoms with Gasteiger partial charge in [-0.25, -0.2) is 8.42 Å². The maximum absolute atomic E-state index is 13.2. The van der Waals surface area contributed by atoms with E-state index >= 15 is 0 Å². The highest BCUT2D eigenvalue weighted by molar-refractivity contribution is 7.91. The van der Waals surface area contributed by atoms with E-state index in [9.17, 15) is 23.3 Å². The van der Waals surface area contributed by atoms with E-state index in [-0.39, 0.29) is 29.1 Å². The van der Waals surface area contributed by atoms with Crippen LogP contribution in [0.1, 0.15) is 32.8 Å². The summed E-state index contributed by atoms with van der Waals surface area (Å²) in [6, 6.07) is 8.85. The summed E-state index contributed by atoms with van der Waals surface area (Å²) in [4.78, 5) is 29.1. The van der Waals surface area contributed by atoms with Crippen LogP contribution in [0.2, 0.25) is 0 Å². The van der Waals surface area contributed by atoms with E-state index in [2.05, 4.69) is 18.7 Å². The standard InChI is InChI=1S/C22H25N3O4S/c1-4-24(5-2)17-8-6-16(7-9-17)12-19-15(3)20(13-23)22(27)25(21(19)26)18-10-11-30(28,29)14-18/h6-9,12,18H,4-5,10-11,14H2,1-3H3/b19-12-/t18-/m1/s1. The van der Waals surface area contributed by atoms with Crippen LogP contribution in [0, 0.1) is 11.3 Å². The Morgan fingerprint density at radius 3 is 2.30 bits per heavy atom. The fraction of sp³-hybridized carbons (Fsp3) is 0.409. The minimum atomic E-state index is -3.29. The van der Waals surface area contributed by atoms with Crippen LogP contribution in [0.3, 0.4) is 0 Å². The van der Waals surface area contributed by atoms with Crippen LogP contribution in [-0.4, -0.2) is 55.8 Å². The summed E-state index contributed by atoms with van der Waals surface area (Å²) in [5.74, 6) is -1.58. The van der Waals surface area contributed by atoms with Gasteiger partial charge in [-0.15, -0.1) is 0 Å². The van der Waals surface area contributed by atoms with E-state index in [0.717, 1.165) is 29.2 Å². The van der Waals surface area contributed by atoms with Crippen molar-refractivity contribution in [3.63, 3.8) is 0 Å². The average molecular weight is 428 g/mol. The fourth-order valence-electron chi connectivity index (χ4n) is 3.95. The van der Waals surface area contributed by atoms with Gasteiger partial charge < -0.3 is 4.90 Å². The second kappa shape index (κ2) is 8.44. The SMILES string of the molecule is CCN(CC)c1ccc(/C=C2\C(=O)N([C@@H]3CCS(=O)(=O)C3)C(=O)C(C#N)=C2C)cc1. The Morgan fingerprint density at radius 2 is 1.80 bits per heavy atom. The Balaban J connectivity index is 2.00. The van der Waals surface area contributed by atoms with Crippen molar-refractivity contribution in [1.29, 1.82) is 5.26 Å². The Hall–Kier alpha value is -2.92. The molecule has 0 aromatic heterocycles. The second-order valence-corrected chi connectivity index (χ2v) is 9.70. The van der Waals surface area contributed by atoms with Gasteiger partial charge in [0.15, 0.2) is 9.84 Å². The molecule has 0 bridgehead atoms. The molecule has 0 unspecified atom stereocenters. The van der Waals surface area contributed by atoms with E-state index < -0.39 is 27.7 Å². The quantitative estimate of drug-likeness (QED) is 0.528. The largest absolute Gasteiger partial charge is 0.372 e. The molecule has 0 spiro atoms. The van der Waals surface area contributed by atoms with E-state index in [1.54, 1.807) is 13.0 Å². The molecule has 0 aliphatic carbocycles. The average Bonchev–Trinajstić information content (AvgIpc) is 3.07. The molecular formula is C22H25N3O4S. The molecule has 1 aromatic rings. The summed E-state index contributed by atoms with van der Waals surface area (Å²) in [7, 11) is -3.29. The molecule has 3 rings (SSSR count). The summed E-state index contributed by atoms with van der Waals surface area (Å²) in [5, 5.41) is 9.50. The molecule has 1 aromatic carbocycles. The van der Waals surface area contributed by atoms with Gasteiger partial charge >= 0.3 is 0 Å². The van der Waals surface area contributed by atoms with Crippen molar-refractivity contribution in [2.75, 3.05) is 29.5 Å². The van der Waals surface area contributed by atoms with Gasteiger partial charge in [0.05, 0.1) is 17.5 Å². The first-order valence-corrected chi connectivity index (χ1v) is 11.8. The number of hydrogen-bond donors (Lipinski definition) is 0. The number of benzene rings is 1. The van der Waals surface area contributed by atoms with Crippen molar-refractivity contribution in [2.24, 2.45) is 0 Å². The Bertz CT molecular complexity index is 1070. The van der Waals surface area contributed by atoms with Gasteiger partial charge in [0.2, 0.25) is 0 Å². The number of nitrogens with zero attached hydrogens (tertiary/aromatic N) is 3. The third kappa shape index (κ3) is 4.03. The molecule has 0 N–H and O–H groups in total. The summed E-state index contributed by atoms with van der Waals surface area (Å²) >= 11 is 0. The van der Waals surface area contributed by atoms with Crippen molar-refractivity contribution in [3.05, 3.63) is 46.5 Å². The Morgan fingerprint density at radius 1 is 1.17 bits per heavy atom. The molecule has 30 heavy (non-hydrogen) atoms. The van der Waals surface area contributed by atoms with Crippen molar-refractivity contribution >= 4 is 33.4 Å². The summed E-state index contributed by atoms with van der Waals surface area (Å²) in [6.45, 7) is 7.49. The first-order valence-electron chi connectivity index (χ1n) is 9.98. The molecule has 0 saturated carbocycles. The second-order valence-electron chi connectivity index (χ2n) is 7.47. The lowest BCUT2D eigenvalue weighted by molar-refractivity contribution is -0.142. The molecule has 8 heteroatoms. The highest BCUT2D eigenvalue weighted by atomic mass is 32.2. The zero-order valence-electron chi connectivity index (χ0n) is 17.4. The zero-order chi connectivity index (χ0) is 22.1. The topological polar surface area (TPSA) is 98.6 Å². The van der Waals surface area contributed by atoms with Crippen LogP contribution in [0.25, 0.3) is 6.08 Å². The van der Waals surface area contributed by atoms with Crippen LogP contribution in [0.4, 0.5) is 5.69 Å². The van der Waals surface area contributed by atoms with Crippen molar-refractivity contribution in [1.82, 2.24) is 4.90 Å². The lowest BCUT2D eigenvalue weighted by Crippen LogP contribution is -2.49. The van der Waals surface area contributed by atoms with Gasteiger partial charge in [-0.3, -0.25) is 14.5 Å². The summed E-state index contributed by atoms with van der Waals surface area (Å²) in [5.41, 5.74) is 2.27. The van der Waals surface area contributed by atoms with Crippen molar-refractivity contribution < 1.29 is 18.0 Å². The van der Waals surface area contributed by atoms with E-state index in [0.29, 0.717) is 5.57 Å². The lowest BCUT2D eigenvalue weighted by Gasteiger charge is -2.31. The number of sulfone groups is 1. The highest BCUT2D eigenvalue weighted by Gasteiger charge is 2.43. The van der Waals surface area contributed by atoms with Gasteiger partial charge in [-0.2, -0.15) is 5.26 Å². The number of carbonyl (C=O) groups excluding carboxylic acids is 2. The zero-order valence-corrected chi connectivity index (χ0v) is 18.2. The lowest BCUT2D eigenvalue weighted by atomic mass is 9.92. The number of imide groups is 1. The molecule has 7 nitrogen and oxygen atoms in total. The monoisotopic (exact) mass is 427 g/mol. The van der Waals surface area contributed by atoms with Crippen LogP contribution in [0.5, 0.6) is 0 Å². The van der Waals surface area contributed by atoms with Gasteiger partial charge in [0.25, 0.3) is 11.8 Å². The number of hydrogen-bond acceptors (Lipinski definition) is 6. The molecule has 1 fully saturated rings. The predicted octanol–water partition coefficient (Wildman–Crippen LogP) is 2.31. The number of amides is 2. The smallest absolute Gasteiger partial charge is 0.271 e. The fourth-order valence-corrected chi connectivity index (χ4v) is 5.65. The number of anilines is 1. The number of rotatable bonds is 5. The third-order valence-electron chi connectivity index (χ3n) is 5.68. The van der Waals surface area contributed by atoms with Crippen molar-refractivity contribution in [2.45, 2.75) is 33.2 Å². The molecule has 158 valence electrons. The summed E-state index contributed by atoms with van der Waals surface area (Å²) < 4.78 is 23.8. The maximum atomic E-state index is 13.2. The molecule has 2 amide bonds. The molecule has 1 saturated heterocycles. The number of nitriles is 1. The molecule has 2 heterocycles. The Kier molecular flexibility index (Phi) is 6.13. The third-order valence-corrected chi connectivity index (χ3v) is 7.43. The van der Waals surface area contributed by atoms with Crippen LogP contribution >= 0.6 is 0 Å². The van der Waals surface area contributed by atoms with Gasteiger partial charge in [0.1, 0.15) is 11.6 Å².